The van der Waals surface area contributed by atoms with Crippen LogP contribution in [0.4, 0.5) is 5.69 Å². The van der Waals surface area contributed by atoms with Gasteiger partial charge in [-0.05, 0) is 47.5 Å². The zero-order valence-corrected chi connectivity index (χ0v) is 13.0. The van der Waals surface area contributed by atoms with E-state index in [1.54, 1.807) is 0 Å². The molecule has 0 aromatic heterocycles. The number of nitrogens with one attached hydrogen (secondary N) is 2. The molecule has 0 unspecified atom stereocenters. The number of aryl methyl sites for hydroxylation is 1. The van der Waals surface area contributed by atoms with Crippen LogP contribution in [0.5, 0.6) is 0 Å². The summed E-state index contributed by atoms with van der Waals surface area (Å²) < 4.78 is 0.925. The van der Waals surface area contributed by atoms with Crippen LogP contribution < -0.4 is 10.6 Å². The Kier molecular flexibility index (Phi) is 4.96. The molecule has 19 heavy (non-hydrogen) atoms. The zero-order valence-electron chi connectivity index (χ0n) is 11.4. The van der Waals surface area contributed by atoms with Gasteiger partial charge in [0.05, 0.1) is 12.2 Å². The van der Waals surface area contributed by atoms with Crippen LogP contribution in [0, 0.1) is 6.92 Å². The minimum atomic E-state index is 0.0404. The molecule has 0 radical (unpaired) electrons. The SMILES string of the molecule is Cc1ccc(NC(=O)CN2CCN[C@@H](C)C2)c(Br)c1. The number of carbonyl (C=O) groups excluding carboxylic acids is 1. The summed E-state index contributed by atoms with van der Waals surface area (Å²) in [4.78, 5) is 14.2. The van der Waals surface area contributed by atoms with Crippen LogP contribution in [0.1, 0.15) is 12.5 Å². The molecular formula is C14H20BrN3O. The van der Waals surface area contributed by atoms with Crippen LogP contribution in [0.2, 0.25) is 0 Å². The third kappa shape index (κ3) is 4.30. The second-order valence-electron chi connectivity index (χ2n) is 5.12. The molecule has 1 atom stereocenters. The Bertz CT molecular complexity index is 464. The van der Waals surface area contributed by atoms with Crippen molar-refractivity contribution in [1.82, 2.24) is 10.2 Å². The second kappa shape index (κ2) is 6.50. The van der Waals surface area contributed by atoms with Crippen LogP contribution in [0.3, 0.4) is 0 Å². The molecule has 0 saturated carbocycles. The van der Waals surface area contributed by atoms with Gasteiger partial charge < -0.3 is 10.6 Å². The van der Waals surface area contributed by atoms with Gasteiger partial charge in [0.1, 0.15) is 0 Å². The molecule has 1 fully saturated rings. The largest absolute Gasteiger partial charge is 0.324 e. The first-order valence-electron chi connectivity index (χ1n) is 6.56. The lowest BCUT2D eigenvalue weighted by Gasteiger charge is -2.31. The van der Waals surface area contributed by atoms with Crippen molar-refractivity contribution < 1.29 is 4.79 Å². The summed E-state index contributed by atoms with van der Waals surface area (Å²) in [5.41, 5.74) is 2.00. The first kappa shape index (κ1) is 14.5. The highest BCUT2D eigenvalue weighted by Gasteiger charge is 2.18. The van der Waals surface area contributed by atoms with Crippen LogP contribution >= 0.6 is 15.9 Å². The van der Waals surface area contributed by atoms with Gasteiger partial charge in [-0.15, -0.1) is 0 Å². The number of carbonyl (C=O) groups is 1. The van der Waals surface area contributed by atoms with E-state index in [1.807, 2.05) is 25.1 Å². The van der Waals surface area contributed by atoms with Gasteiger partial charge in [0.15, 0.2) is 0 Å². The summed E-state index contributed by atoms with van der Waals surface area (Å²) in [5, 5.41) is 6.32. The molecule has 5 heteroatoms. The summed E-state index contributed by atoms with van der Waals surface area (Å²) in [5.74, 6) is 0.0404. The van der Waals surface area contributed by atoms with Crippen molar-refractivity contribution in [3.8, 4) is 0 Å². The van der Waals surface area contributed by atoms with Crippen molar-refractivity contribution in [2.45, 2.75) is 19.9 Å². The van der Waals surface area contributed by atoms with Gasteiger partial charge in [0.25, 0.3) is 0 Å². The molecule has 2 N–H and O–H groups in total. The van der Waals surface area contributed by atoms with Crippen molar-refractivity contribution in [2.24, 2.45) is 0 Å². The number of benzene rings is 1. The molecule has 0 bridgehead atoms. The van der Waals surface area contributed by atoms with Gasteiger partial charge in [-0.1, -0.05) is 6.07 Å². The molecule has 4 nitrogen and oxygen atoms in total. The lowest BCUT2D eigenvalue weighted by atomic mass is 10.2. The van der Waals surface area contributed by atoms with Crippen molar-refractivity contribution >= 4 is 27.5 Å². The summed E-state index contributed by atoms with van der Waals surface area (Å²) in [6.07, 6.45) is 0. The number of hydrogen-bond donors (Lipinski definition) is 2. The fourth-order valence-electron chi connectivity index (χ4n) is 2.27. The molecule has 1 aliphatic heterocycles. The molecule has 1 heterocycles. The summed E-state index contributed by atoms with van der Waals surface area (Å²) >= 11 is 3.47. The Morgan fingerprint density at radius 2 is 2.37 bits per heavy atom. The quantitative estimate of drug-likeness (QED) is 0.893. The van der Waals surface area contributed by atoms with E-state index in [2.05, 4.69) is 38.4 Å². The molecule has 1 aliphatic rings. The van der Waals surface area contributed by atoms with Crippen LogP contribution in [0.25, 0.3) is 0 Å². The number of rotatable bonds is 3. The molecular weight excluding hydrogens is 306 g/mol. The monoisotopic (exact) mass is 325 g/mol. The number of hydrogen-bond acceptors (Lipinski definition) is 3. The van der Waals surface area contributed by atoms with E-state index in [1.165, 1.54) is 5.56 Å². The van der Waals surface area contributed by atoms with Crippen molar-refractivity contribution in [1.29, 1.82) is 0 Å². The van der Waals surface area contributed by atoms with E-state index in [0.29, 0.717) is 12.6 Å². The number of anilines is 1. The van der Waals surface area contributed by atoms with Crippen molar-refractivity contribution in [2.75, 3.05) is 31.5 Å². The van der Waals surface area contributed by atoms with Gasteiger partial charge in [0, 0.05) is 30.1 Å². The molecule has 1 aromatic carbocycles. The van der Waals surface area contributed by atoms with E-state index in [0.717, 1.165) is 29.8 Å². The Hall–Kier alpha value is -0.910. The van der Waals surface area contributed by atoms with E-state index in [-0.39, 0.29) is 5.91 Å². The third-order valence-electron chi connectivity index (χ3n) is 3.22. The fraction of sp³-hybridized carbons (Fsp3) is 0.500. The first-order valence-corrected chi connectivity index (χ1v) is 7.35. The fourth-order valence-corrected chi connectivity index (χ4v) is 2.86. The van der Waals surface area contributed by atoms with Crippen LogP contribution in [0.15, 0.2) is 22.7 Å². The van der Waals surface area contributed by atoms with E-state index in [9.17, 15) is 4.79 Å². The lowest BCUT2D eigenvalue weighted by molar-refractivity contribution is -0.117. The van der Waals surface area contributed by atoms with Gasteiger partial charge >= 0.3 is 0 Å². The van der Waals surface area contributed by atoms with Gasteiger partial charge in [-0.3, -0.25) is 9.69 Å². The third-order valence-corrected chi connectivity index (χ3v) is 3.87. The van der Waals surface area contributed by atoms with Gasteiger partial charge in [-0.25, -0.2) is 0 Å². The summed E-state index contributed by atoms with van der Waals surface area (Å²) in [6.45, 7) is 7.41. The van der Waals surface area contributed by atoms with Crippen LogP contribution in [-0.4, -0.2) is 43.0 Å². The Morgan fingerprint density at radius 3 is 3.05 bits per heavy atom. The maximum absolute atomic E-state index is 12.0. The molecule has 104 valence electrons. The summed E-state index contributed by atoms with van der Waals surface area (Å²) in [6, 6.07) is 6.38. The second-order valence-corrected chi connectivity index (χ2v) is 5.98. The highest BCUT2D eigenvalue weighted by atomic mass is 79.9. The maximum atomic E-state index is 12.0. The Labute approximate surface area is 122 Å². The van der Waals surface area contributed by atoms with Gasteiger partial charge in [0.2, 0.25) is 5.91 Å². The van der Waals surface area contributed by atoms with E-state index in [4.69, 9.17) is 0 Å². The number of piperazine rings is 1. The van der Waals surface area contributed by atoms with Crippen molar-refractivity contribution in [3.05, 3.63) is 28.2 Å². The lowest BCUT2D eigenvalue weighted by Crippen LogP contribution is -2.51. The minimum Gasteiger partial charge on any atom is -0.324 e. The standard InChI is InChI=1S/C14H20BrN3O/c1-10-3-4-13(12(15)7-10)17-14(19)9-18-6-5-16-11(2)8-18/h3-4,7,11,16H,5-6,8-9H2,1-2H3,(H,17,19)/t11-/m0/s1. The first-order chi connectivity index (χ1) is 9.04. The zero-order chi connectivity index (χ0) is 13.8. The number of amides is 1. The molecule has 1 amide bonds. The molecule has 1 aromatic rings. The highest BCUT2D eigenvalue weighted by Crippen LogP contribution is 2.23. The molecule has 2 rings (SSSR count). The average Bonchev–Trinajstić information content (AvgIpc) is 2.33. The van der Waals surface area contributed by atoms with Crippen LogP contribution in [-0.2, 0) is 4.79 Å². The number of halogens is 1. The van der Waals surface area contributed by atoms with Crippen molar-refractivity contribution in [3.63, 3.8) is 0 Å². The van der Waals surface area contributed by atoms with Gasteiger partial charge in [-0.2, -0.15) is 0 Å². The molecule has 1 saturated heterocycles. The topological polar surface area (TPSA) is 44.4 Å². The molecule has 0 aliphatic carbocycles. The normalized spacial score (nSPS) is 20.3. The Morgan fingerprint density at radius 1 is 1.58 bits per heavy atom. The Balaban J connectivity index is 1.90. The average molecular weight is 326 g/mol. The summed E-state index contributed by atoms with van der Waals surface area (Å²) in [7, 11) is 0. The predicted molar refractivity (Wildman–Crippen MR) is 81.4 cm³/mol. The maximum Gasteiger partial charge on any atom is 0.238 e. The highest BCUT2D eigenvalue weighted by molar-refractivity contribution is 9.10. The molecule has 0 spiro atoms. The minimum absolute atomic E-state index is 0.0404. The van der Waals surface area contributed by atoms with E-state index >= 15 is 0 Å². The predicted octanol–water partition coefficient (Wildman–Crippen LogP) is 1.99. The van der Waals surface area contributed by atoms with E-state index < -0.39 is 0 Å². The smallest absolute Gasteiger partial charge is 0.238 e. The number of nitrogens with zero attached hydrogens (tertiary/aromatic N) is 1.